The molecule has 0 aliphatic carbocycles. The summed E-state index contributed by atoms with van der Waals surface area (Å²) in [7, 11) is 5.03. The molecule has 1 aromatic carbocycles. The van der Waals surface area contributed by atoms with E-state index in [1.165, 1.54) is 4.90 Å². The number of hydrogen-bond donors (Lipinski definition) is 2. The number of carbonyl (C=O) groups is 1. The molecule has 0 aliphatic rings. The number of guanidine groups is 1. The van der Waals surface area contributed by atoms with Crippen molar-refractivity contribution in [1.82, 2.24) is 15.5 Å². The van der Waals surface area contributed by atoms with Crippen molar-refractivity contribution in [1.29, 1.82) is 0 Å². The van der Waals surface area contributed by atoms with Crippen LogP contribution in [0.4, 0.5) is 0 Å². The monoisotopic (exact) mass is 354 g/mol. The highest BCUT2D eigenvalue weighted by molar-refractivity contribution is 6.32. The van der Waals surface area contributed by atoms with Gasteiger partial charge in [-0.05, 0) is 31.0 Å². The molecule has 1 amide bonds. The molecule has 1 rings (SSSR count). The molecule has 0 aliphatic heterocycles. The number of benzene rings is 1. The number of hydrogen-bond acceptors (Lipinski definition) is 3. The van der Waals surface area contributed by atoms with Crippen LogP contribution < -0.4 is 15.4 Å². The lowest BCUT2D eigenvalue weighted by molar-refractivity contribution is -0.127. The van der Waals surface area contributed by atoms with Crippen LogP contribution in [0.3, 0.4) is 0 Å². The molecule has 0 saturated carbocycles. The maximum atomic E-state index is 11.7. The topological polar surface area (TPSA) is 66.0 Å². The SMILES string of the molecule is CCC(C)NC(=NCc1ccc(OC)c(Cl)c1)NCC(=O)N(C)C. The summed E-state index contributed by atoms with van der Waals surface area (Å²) in [6, 6.07) is 5.82. The van der Waals surface area contributed by atoms with E-state index in [0.717, 1.165) is 12.0 Å². The Morgan fingerprint density at radius 3 is 2.67 bits per heavy atom. The van der Waals surface area contributed by atoms with E-state index in [4.69, 9.17) is 16.3 Å². The van der Waals surface area contributed by atoms with E-state index in [9.17, 15) is 4.79 Å². The summed E-state index contributed by atoms with van der Waals surface area (Å²) < 4.78 is 5.15. The Morgan fingerprint density at radius 1 is 1.42 bits per heavy atom. The summed E-state index contributed by atoms with van der Waals surface area (Å²) in [5.41, 5.74) is 0.963. The van der Waals surface area contributed by atoms with Crippen molar-refractivity contribution in [3.8, 4) is 5.75 Å². The van der Waals surface area contributed by atoms with E-state index in [2.05, 4.69) is 29.5 Å². The largest absolute Gasteiger partial charge is 0.495 e. The minimum atomic E-state index is -0.0128. The first kappa shape index (κ1) is 20.1. The normalized spacial score (nSPS) is 12.5. The van der Waals surface area contributed by atoms with Crippen LogP contribution >= 0.6 is 11.6 Å². The van der Waals surface area contributed by atoms with Gasteiger partial charge in [0.1, 0.15) is 5.75 Å². The molecule has 0 bridgehead atoms. The van der Waals surface area contributed by atoms with Gasteiger partial charge in [-0.25, -0.2) is 4.99 Å². The number of rotatable bonds is 7. The summed E-state index contributed by atoms with van der Waals surface area (Å²) in [5, 5.41) is 6.90. The fourth-order valence-electron chi connectivity index (χ4n) is 1.78. The van der Waals surface area contributed by atoms with Crippen molar-refractivity contribution in [2.75, 3.05) is 27.7 Å². The summed E-state index contributed by atoms with van der Waals surface area (Å²) in [6.07, 6.45) is 0.955. The van der Waals surface area contributed by atoms with Crippen LogP contribution in [0.1, 0.15) is 25.8 Å². The van der Waals surface area contributed by atoms with Gasteiger partial charge in [-0.15, -0.1) is 0 Å². The maximum Gasteiger partial charge on any atom is 0.241 e. The van der Waals surface area contributed by atoms with Gasteiger partial charge in [-0.1, -0.05) is 24.6 Å². The van der Waals surface area contributed by atoms with Crippen molar-refractivity contribution in [2.45, 2.75) is 32.9 Å². The molecule has 2 N–H and O–H groups in total. The van der Waals surface area contributed by atoms with Crippen molar-refractivity contribution in [3.05, 3.63) is 28.8 Å². The third-order valence-electron chi connectivity index (χ3n) is 3.54. The lowest BCUT2D eigenvalue weighted by Crippen LogP contribution is -2.45. The number of nitrogens with one attached hydrogen (secondary N) is 2. The molecule has 1 aromatic rings. The summed E-state index contributed by atoms with van der Waals surface area (Å²) >= 11 is 6.13. The zero-order valence-corrected chi connectivity index (χ0v) is 15.8. The summed E-state index contributed by atoms with van der Waals surface area (Å²) in [6.45, 7) is 4.79. The quantitative estimate of drug-likeness (QED) is 0.582. The number of ether oxygens (including phenoxy) is 1. The molecule has 7 heteroatoms. The van der Waals surface area contributed by atoms with E-state index in [1.807, 2.05) is 18.2 Å². The van der Waals surface area contributed by atoms with Crippen molar-refractivity contribution < 1.29 is 9.53 Å². The minimum absolute atomic E-state index is 0.0128. The molecule has 0 radical (unpaired) electrons. The zero-order valence-electron chi connectivity index (χ0n) is 15.0. The van der Waals surface area contributed by atoms with E-state index in [-0.39, 0.29) is 18.5 Å². The van der Waals surface area contributed by atoms with Crippen LogP contribution in [0.5, 0.6) is 5.75 Å². The fraction of sp³-hybridized carbons (Fsp3) is 0.529. The lowest BCUT2D eigenvalue weighted by Gasteiger charge is -2.18. The number of methoxy groups -OCH3 is 1. The number of aliphatic imine (C=N–C) groups is 1. The minimum Gasteiger partial charge on any atom is -0.495 e. The van der Waals surface area contributed by atoms with Gasteiger partial charge < -0.3 is 20.3 Å². The van der Waals surface area contributed by atoms with Crippen molar-refractivity contribution in [2.24, 2.45) is 4.99 Å². The highest BCUT2D eigenvalue weighted by atomic mass is 35.5. The molecule has 24 heavy (non-hydrogen) atoms. The van der Waals surface area contributed by atoms with Gasteiger partial charge in [-0.3, -0.25) is 4.79 Å². The van der Waals surface area contributed by atoms with Gasteiger partial charge in [0.15, 0.2) is 5.96 Å². The first-order valence-corrected chi connectivity index (χ1v) is 8.32. The molecular formula is C17H27ClN4O2. The van der Waals surface area contributed by atoms with E-state index in [1.54, 1.807) is 21.2 Å². The average Bonchev–Trinajstić information content (AvgIpc) is 2.56. The van der Waals surface area contributed by atoms with Crippen LogP contribution in [0.15, 0.2) is 23.2 Å². The van der Waals surface area contributed by atoms with Gasteiger partial charge in [0.25, 0.3) is 0 Å². The Bertz CT molecular complexity index is 576. The highest BCUT2D eigenvalue weighted by Gasteiger charge is 2.08. The second-order valence-corrected chi connectivity index (χ2v) is 6.14. The standard InChI is InChI=1S/C17H27ClN4O2/c1-6-12(2)21-17(20-11-16(23)22(3)4)19-10-13-7-8-15(24-5)14(18)9-13/h7-9,12H,6,10-11H2,1-5H3,(H2,19,20,21). The summed E-state index contributed by atoms with van der Waals surface area (Å²) in [5.74, 6) is 1.23. The fourth-order valence-corrected chi connectivity index (χ4v) is 2.06. The molecular weight excluding hydrogens is 328 g/mol. The summed E-state index contributed by atoms with van der Waals surface area (Å²) in [4.78, 5) is 17.8. The van der Waals surface area contributed by atoms with Gasteiger partial charge in [-0.2, -0.15) is 0 Å². The molecule has 0 spiro atoms. The van der Waals surface area contributed by atoms with E-state index in [0.29, 0.717) is 23.3 Å². The lowest BCUT2D eigenvalue weighted by atomic mass is 10.2. The molecule has 134 valence electrons. The van der Waals surface area contributed by atoms with Gasteiger partial charge in [0.2, 0.25) is 5.91 Å². The van der Waals surface area contributed by atoms with Crippen LogP contribution in [-0.2, 0) is 11.3 Å². The number of carbonyl (C=O) groups excluding carboxylic acids is 1. The molecule has 6 nitrogen and oxygen atoms in total. The number of likely N-dealkylation sites (N-methyl/N-ethyl adjacent to an activating group) is 1. The smallest absolute Gasteiger partial charge is 0.241 e. The Hall–Kier alpha value is -1.95. The average molecular weight is 355 g/mol. The highest BCUT2D eigenvalue weighted by Crippen LogP contribution is 2.25. The van der Waals surface area contributed by atoms with Crippen LogP contribution in [0, 0.1) is 0 Å². The van der Waals surface area contributed by atoms with Gasteiger partial charge >= 0.3 is 0 Å². The Labute approximate surface area is 149 Å². The number of halogens is 1. The zero-order chi connectivity index (χ0) is 18.1. The third kappa shape index (κ3) is 6.66. The Balaban J connectivity index is 2.79. The van der Waals surface area contributed by atoms with E-state index >= 15 is 0 Å². The number of nitrogens with zero attached hydrogens (tertiary/aromatic N) is 2. The first-order valence-electron chi connectivity index (χ1n) is 7.94. The van der Waals surface area contributed by atoms with E-state index < -0.39 is 0 Å². The molecule has 0 saturated heterocycles. The molecule has 1 unspecified atom stereocenters. The third-order valence-corrected chi connectivity index (χ3v) is 3.83. The maximum absolute atomic E-state index is 11.7. The predicted octanol–water partition coefficient (Wildman–Crippen LogP) is 2.27. The van der Waals surface area contributed by atoms with Crippen molar-refractivity contribution >= 4 is 23.5 Å². The van der Waals surface area contributed by atoms with Crippen molar-refractivity contribution in [3.63, 3.8) is 0 Å². The molecule has 0 fully saturated rings. The molecule has 0 aromatic heterocycles. The first-order chi connectivity index (χ1) is 11.4. The van der Waals surface area contributed by atoms with Crippen LogP contribution in [0.2, 0.25) is 5.02 Å². The molecule has 0 heterocycles. The second kappa shape index (κ2) is 10.0. The predicted molar refractivity (Wildman–Crippen MR) is 98.7 cm³/mol. The molecule has 1 atom stereocenters. The Kier molecular flexibility index (Phi) is 8.40. The van der Waals surface area contributed by atoms with Gasteiger partial charge in [0.05, 0.1) is 25.2 Å². The Morgan fingerprint density at radius 2 is 2.12 bits per heavy atom. The van der Waals surface area contributed by atoms with Gasteiger partial charge in [0, 0.05) is 20.1 Å². The van der Waals surface area contributed by atoms with Crippen LogP contribution in [0.25, 0.3) is 0 Å². The van der Waals surface area contributed by atoms with Crippen LogP contribution in [-0.4, -0.2) is 50.6 Å². The second-order valence-electron chi connectivity index (χ2n) is 5.73. The number of amides is 1.